The Hall–Kier alpha value is -3.08. The maximum atomic E-state index is 11.8. The number of amides is 1. The number of anilines is 1. The third kappa shape index (κ3) is 4.75. The van der Waals surface area contributed by atoms with Crippen LogP contribution < -0.4 is 5.32 Å². The predicted octanol–water partition coefficient (Wildman–Crippen LogP) is 7.01. The molecular formula is C29H30ClN3O. The highest BCUT2D eigenvalue weighted by molar-refractivity contribution is 6.32. The zero-order chi connectivity index (χ0) is 23.5. The summed E-state index contributed by atoms with van der Waals surface area (Å²) in [5.74, 6) is 0.585. The minimum absolute atomic E-state index is 0.0583. The number of fused-ring (bicyclic) bond motifs is 1. The largest absolute Gasteiger partial charge is 0.326 e. The van der Waals surface area contributed by atoms with Gasteiger partial charge in [0.05, 0.1) is 16.2 Å². The molecule has 0 aliphatic carbocycles. The number of carbonyl (C=O) groups is 1. The van der Waals surface area contributed by atoms with Gasteiger partial charge in [0.1, 0.15) is 0 Å². The van der Waals surface area contributed by atoms with E-state index in [4.69, 9.17) is 11.6 Å². The van der Waals surface area contributed by atoms with Crippen molar-refractivity contribution in [2.75, 3.05) is 18.4 Å². The van der Waals surface area contributed by atoms with Crippen LogP contribution in [-0.4, -0.2) is 28.5 Å². The topological polar surface area (TPSA) is 37.3 Å². The van der Waals surface area contributed by atoms with Crippen molar-refractivity contribution in [2.24, 2.45) is 0 Å². The van der Waals surface area contributed by atoms with E-state index in [9.17, 15) is 4.79 Å². The fourth-order valence-corrected chi connectivity index (χ4v) is 5.23. The lowest BCUT2D eigenvalue weighted by atomic mass is 9.89. The maximum absolute atomic E-state index is 11.8. The molecule has 1 aromatic heterocycles. The van der Waals surface area contributed by atoms with E-state index in [1.165, 1.54) is 22.0 Å². The SMILES string of the molecule is CCC(=O)Nc1cccc(C2CCN(Cc3cn(-c4ccccc4Cl)c4ccccc34)CC2)c1. The Labute approximate surface area is 206 Å². The molecular weight excluding hydrogens is 442 g/mol. The summed E-state index contributed by atoms with van der Waals surface area (Å²) in [6, 6.07) is 24.9. The second kappa shape index (κ2) is 10.0. The summed E-state index contributed by atoms with van der Waals surface area (Å²) in [6.45, 7) is 4.92. The van der Waals surface area contributed by atoms with Crippen molar-refractivity contribution in [3.8, 4) is 5.69 Å². The summed E-state index contributed by atoms with van der Waals surface area (Å²) >= 11 is 6.53. The fraction of sp³-hybridized carbons (Fsp3) is 0.276. The van der Waals surface area contributed by atoms with Gasteiger partial charge in [-0.1, -0.05) is 61.0 Å². The molecule has 4 aromatic rings. The molecule has 2 heterocycles. The molecule has 0 saturated carbocycles. The first-order valence-electron chi connectivity index (χ1n) is 12.1. The molecule has 3 aromatic carbocycles. The van der Waals surface area contributed by atoms with Gasteiger partial charge in [0.2, 0.25) is 5.91 Å². The molecule has 34 heavy (non-hydrogen) atoms. The third-order valence-corrected chi connectivity index (χ3v) is 7.17. The highest BCUT2D eigenvalue weighted by atomic mass is 35.5. The first kappa shape index (κ1) is 22.7. The van der Waals surface area contributed by atoms with Crippen LogP contribution in [0.1, 0.15) is 43.2 Å². The third-order valence-electron chi connectivity index (χ3n) is 6.85. The average Bonchev–Trinajstić information content (AvgIpc) is 3.23. The molecule has 0 bridgehead atoms. The Morgan fingerprint density at radius 3 is 2.56 bits per heavy atom. The van der Waals surface area contributed by atoms with Crippen molar-refractivity contribution in [1.29, 1.82) is 0 Å². The number of nitrogens with zero attached hydrogens (tertiary/aromatic N) is 2. The Morgan fingerprint density at radius 2 is 1.76 bits per heavy atom. The monoisotopic (exact) mass is 471 g/mol. The van der Waals surface area contributed by atoms with E-state index in [1.807, 2.05) is 31.2 Å². The van der Waals surface area contributed by atoms with Crippen LogP contribution in [0.5, 0.6) is 0 Å². The van der Waals surface area contributed by atoms with Crippen molar-refractivity contribution < 1.29 is 4.79 Å². The maximum Gasteiger partial charge on any atom is 0.224 e. The van der Waals surface area contributed by atoms with Gasteiger partial charge in [-0.25, -0.2) is 0 Å². The number of benzene rings is 3. The lowest BCUT2D eigenvalue weighted by molar-refractivity contribution is -0.115. The van der Waals surface area contributed by atoms with Crippen LogP contribution in [-0.2, 0) is 11.3 Å². The van der Waals surface area contributed by atoms with Gasteiger partial charge in [0.25, 0.3) is 0 Å². The molecule has 1 aliphatic heterocycles. The predicted molar refractivity (Wildman–Crippen MR) is 141 cm³/mol. The first-order valence-corrected chi connectivity index (χ1v) is 12.5. The number of carbonyl (C=O) groups excluding carboxylic acids is 1. The summed E-state index contributed by atoms with van der Waals surface area (Å²) in [7, 11) is 0. The number of aromatic nitrogens is 1. The van der Waals surface area contributed by atoms with E-state index in [-0.39, 0.29) is 5.91 Å². The van der Waals surface area contributed by atoms with Gasteiger partial charge < -0.3 is 9.88 Å². The van der Waals surface area contributed by atoms with Crippen LogP contribution in [0, 0.1) is 0 Å². The lowest BCUT2D eigenvalue weighted by Crippen LogP contribution is -2.32. The molecule has 0 radical (unpaired) electrons. The van der Waals surface area contributed by atoms with E-state index in [0.717, 1.165) is 48.9 Å². The summed E-state index contributed by atoms with van der Waals surface area (Å²) in [6.07, 6.45) is 4.98. The molecule has 1 N–H and O–H groups in total. The lowest BCUT2D eigenvalue weighted by Gasteiger charge is -2.32. The molecule has 1 saturated heterocycles. The standard InChI is InChI=1S/C29H30ClN3O/c1-2-29(34)31-24-9-7-8-22(18-24)21-14-16-32(17-15-21)19-23-20-33(27-12-5-3-10-25(23)27)28-13-6-4-11-26(28)30/h3-13,18,20-21H,2,14-17,19H2,1H3,(H,31,34). The second-order valence-electron chi connectivity index (χ2n) is 9.07. The van der Waals surface area contributed by atoms with Crippen LogP contribution in [0.3, 0.4) is 0 Å². The van der Waals surface area contributed by atoms with Crippen LogP contribution in [0.2, 0.25) is 5.02 Å². The summed E-state index contributed by atoms with van der Waals surface area (Å²) in [5, 5.41) is 5.03. The van der Waals surface area contributed by atoms with Gasteiger partial charge in [-0.15, -0.1) is 0 Å². The van der Waals surface area contributed by atoms with E-state index in [0.29, 0.717) is 12.3 Å². The number of piperidine rings is 1. The normalized spacial score (nSPS) is 15.0. The molecule has 174 valence electrons. The quantitative estimate of drug-likeness (QED) is 0.328. The Bertz CT molecular complexity index is 1300. The van der Waals surface area contributed by atoms with Gasteiger partial charge in [0.15, 0.2) is 0 Å². The molecule has 5 rings (SSSR count). The van der Waals surface area contributed by atoms with E-state index >= 15 is 0 Å². The van der Waals surface area contributed by atoms with Gasteiger partial charge in [-0.3, -0.25) is 9.69 Å². The van der Waals surface area contributed by atoms with Crippen molar-refractivity contribution >= 4 is 34.1 Å². The van der Waals surface area contributed by atoms with Crippen molar-refractivity contribution in [1.82, 2.24) is 9.47 Å². The smallest absolute Gasteiger partial charge is 0.224 e. The number of hydrogen-bond acceptors (Lipinski definition) is 2. The minimum atomic E-state index is 0.0583. The first-order chi connectivity index (χ1) is 16.6. The van der Waals surface area contributed by atoms with Gasteiger partial charge in [-0.05, 0) is 73.3 Å². The van der Waals surface area contributed by atoms with E-state index in [2.05, 4.69) is 69.5 Å². The van der Waals surface area contributed by atoms with Crippen LogP contribution in [0.15, 0.2) is 79.0 Å². The van der Waals surface area contributed by atoms with E-state index < -0.39 is 0 Å². The minimum Gasteiger partial charge on any atom is -0.326 e. The number of rotatable bonds is 6. The van der Waals surface area contributed by atoms with Crippen LogP contribution >= 0.6 is 11.6 Å². The number of para-hydroxylation sites is 2. The number of likely N-dealkylation sites (tertiary alicyclic amines) is 1. The number of nitrogens with one attached hydrogen (secondary N) is 1. The molecule has 1 aliphatic rings. The Kier molecular flexibility index (Phi) is 6.70. The zero-order valence-corrected chi connectivity index (χ0v) is 20.3. The molecule has 0 atom stereocenters. The summed E-state index contributed by atoms with van der Waals surface area (Å²) in [5.41, 5.74) is 5.76. The van der Waals surface area contributed by atoms with Crippen LogP contribution in [0.4, 0.5) is 5.69 Å². The van der Waals surface area contributed by atoms with Gasteiger partial charge >= 0.3 is 0 Å². The van der Waals surface area contributed by atoms with Crippen molar-refractivity contribution in [3.05, 3.63) is 95.1 Å². The van der Waals surface area contributed by atoms with Gasteiger partial charge in [-0.2, -0.15) is 0 Å². The Morgan fingerprint density at radius 1 is 1.00 bits per heavy atom. The molecule has 5 heteroatoms. The molecule has 0 spiro atoms. The highest BCUT2D eigenvalue weighted by Gasteiger charge is 2.22. The molecule has 1 amide bonds. The van der Waals surface area contributed by atoms with Crippen molar-refractivity contribution in [2.45, 2.75) is 38.6 Å². The Balaban J connectivity index is 1.30. The van der Waals surface area contributed by atoms with Crippen molar-refractivity contribution in [3.63, 3.8) is 0 Å². The van der Waals surface area contributed by atoms with Crippen LogP contribution in [0.25, 0.3) is 16.6 Å². The number of hydrogen-bond donors (Lipinski definition) is 1. The second-order valence-corrected chi connectivity index (χ2v) is 9.48. The zero-order valence-electron chi connectivity index (χ0n) is 19.5. The van der Waals surface area contributed by atoms with E-state index in [1.54, 1.807) is 0 Å². The fourth-order valence-electron chi connectivity index (χ4n) is 5.01. The average molecular weight is 472 g/mol. The molecule has 1 fully saturated rings. The molecule has 0 unspecified atom stereocenters. The molecule has 4 nitrogen and oxygen atoms in total. The summed E-state index contributed by atoms with van der Waals surface area (Å²) in [4.78, 5) is 14.3. The number of halogens is 1. The highest BCUT2D eigenvalue weighted by Crippen LogP contribution is 2.33. The van der Waals surface area contributed by atoms with Gasteiger partial charge in [0, 0.05) is 30.2 Å². The summed E-state index contributed by atoms with van der Waals surface area (Å²) < 4.78 is 2.22.